The molecule has 0 aromatic rings. The zero-order chi connectivity index (χ0) is 12.3. The molecule has 0 bridgehead atoms. The van der Waals surface area contributed by atoms with E-state index in [9.17, 15) is 4.79 Å². The van der Waals surface area contributed by atoms with Gasteiger partial charge in [0.15, 0.2) is 0 Å². The standard InChI is InChI=1S/C11H22N4O/c1-8-5-4-6-15(7-8)11(16)14(3)9(2)10(12)13/h8-9H,4-7H2,1-3H3,(H3,12,13). The van der Waals surface area contributed by atoms with Gasteiger partial charge in [-0.3, -0.25) is 5.41 Å². The van der Waals surface area contributed by atoms with Gasteiger partial charge in [0.05, 0.1) is 6.04 Å². The van der Waals surface area contributed by atoms with Crippen molar-refractivity contribution < 1.29 is 4.79 Å². The number of hydrogen-bond donors (Lipinski definition) is 2. The summed E-state index contributed by atoms with van der Waals surface area (Å²) >= 11 is 0. The molecular weight excluding hydrogens is 204 g/mol. The molecule has 92 valence electrons. The second kappa shape index (κ2) is 5.18. The van der Waals surface area contributed by atoms with E-state index in [-0.39, 0.29) is 17.9 Å². The Balaban J connectivity index is 2.59. The van der Waals surface area contributed by atoms with E-state index in [2.05, 4.69) is 6.92 Å². The molecule has 1 fully saturated rings. The SMILES string of the molecule is CC1CCCN(C(=O)N(C)C(C)C(=N)N)C1. The third kappa shape index (κ3) is 2.87. The van der Waals surface area contributed by atoms with E-state index in [1.54, 1.807) is 18.9 Å². The van der Waals surface area contributed by atoms with Crippen molar-refractivity contribution in [2.45, 2.75) is 32.7 Å². The molecule has 16 heavy (non-hydrogen) atoms. The molecule has 2 atom stereocenters. The topological polar surface area (TPSA) is 73.4 Å². The highest BCUT2D eigenvalue weighted by atomic mass is 16.2. The van der Waals surface area contributed by atoms with E-state index in [1.165, 1.54) is 6.42 Å². The smallest absolute Gasteiger partial charge is 0.320 e. The number of rotatable bonds is 2. The van der Waals surface area contributed by atoms with Crippen molar-refractivity contribution in [1.82, 2.24) is 9.80 Å². The van der Waals surface area contributed by atoms with Crippen molar-refractivity contribution in [3.8, 4) is 0 Å². The molecule has 3 N–H and O–H groups in total. The van der Waals surface area contributed by atoms with Crippen LogP contribution < -0.4 is 5.73 Å². The van der Waals surface area contributed by atoms with Gasteiger partial charge in [-0.2, -0.15) is 0 Å². The zero-order valence-corrected chi connectivity index (χ0v) is 10.4. The summed E-state index contributed by atoms with van der Waals surface area (Å²) < 4.78 is 0. The van der Waals surface area contributed by atoms with Gasteiger partial charge in [-0.15, -0.1) is 0 Å². The van der Waals surface area contributed by atoms with E-state index in [4.69, 9.17) is 11.1 Å². The number of likely N-dealkylation sites (tertiary alicyclic amines) is 1. The van der Waals surface area contributed by atoms with Crippen LogP contribution in [0.5, 0.6) is 0 Å². The molecule has 5 nitrogen and oxygen atoms in total. The molecular formula is C11H22N4O. The fourth-order valence-electron chi connectivity index (χ4n) is 1.96. The molecule has 5 heteroatoms. The summed E-state index contributed by atoms with van der Waals surface area (Å²) in [5.74, 6) is 0.597. The lowest BCUT2D eigenvalue weighted by molar-refractivity contribution is 0.136. The fourth-order valence-corrected chi connectivity index (χ4v) is 1.96. The Morgan fingerprint density at radius 1 is 1.62 bits per heavy atom. The van der Waals surface area contributed by atoms with E-state index in [0.29, 0.717) is 5.92 Å². The number of likely N-dealkylation sites (N-methyl/N-ethyl adjacent to an activating group) is 1. The van der Waals surface area contributed by atoms with Crippen molar-refractivity contribution in [3.05, 3.63) is 0 Å². The van der Waals surface area contributed by atoms with Gasteiger partial charge in [-0.05, 0) is 25.7 Å². The number of amidine groups is 1. The average molecular weight is 226 g/mol. The summed E-state index contributed by atoms with van der Waals surface area (Å²) in [5, 5.41) is 7.34. The Morgan fingerprint density at radius 2 is 2.25 bits per heavy atom. The Hall–Kier alpha value is -1.26. The Bertz CT molecular complexity index is 279. The minimum absolute atomic E-state index is 0.0192. The van der Waals surface area contributed by atoms with Gasteiger partial charge < -0.3 is 15.5 Å². The Morgan fingerprint density at radius 3 is 2.75 bits per heavy atom. The molecule has 2 amide bonds. The summed E-state index contributed by atoms with van der Waals surface area (Å²) in [6.45, 7) is 5.56. The van der Waals surface area contributed by atoms with Gasteiger partial charge in [0.2, 0.25) is 0 Å². The second-order valence-electron chi connectivity index (χ2n) is 4.72. The number of nitrogens with zero attached hydrogens (tertiary/aromatic N) is 2. The Kier molecular flexibility index (Phi) is 4.15. The minimum Gasteiger partial charge on any atom is -0.386 e. The van der Waals surface area contributed by atoms with Crippen LogP contribution in [0.2, 0.25) is 0 Å². The first kappa shape index (κ1) is 12.8. The molecule has 1 heterocycles. The fraction of sp³-hybridized carbons (Fsp3) is 0.818. The minimum atomic E-state index is -0.329. The quantitative estimate of drug-likeness (QED) is 0.546. The van der Waals surface area contributed by atoms with Crippen LogP contribution in [-0.4, -0.2) is 47.8 Å². The van der Waals surface area contributed by atoms with Gasteiger partial charge in [-0.1, -0.05) is 6.92 Å². The predicted octanol–water partition coefficient (Wildman–Crippen LogP) is 1.09. The molecule has 1 saturated heterocycles. The van der Waals surface area contributed by atoms with Crippen molar-refractivity contribution in [3.63, 3.8) is 0 Å². The van der Waals surface area contributed by atoms with Gasteiger partial charge >= 0.3 is 6.03 Å². The number of hydrogen-bond acceptors (Lipinski definition) is 2. The van der Waals surface area contributed by atoms with Crippen molar-refractivity contribution >= 4 is 11.9 Å². The molecule has 1 aliphatic heterocycles. The van der Waals surface area contributed by atoms with E-state index >= 15 is 0 Å². The summed E-state index contributed by atoms with van der Waals surface area (Å²) in [7, 11) is 1.70. The third-order valence-electron chi connectivity index (χ3n) is 3.26. The summed E-state index contributed by atoms with van der Waals surface area (Å²) in [5.41, 5.74) is 5.40. The van der Waals surface area contributed by atoms with Crippen LogP contribution in [0.1, 0.15) is 26.7 Å². The van der Waals surface area contributed by atoms with Crippen molar-refractivity contribution in [2.24, 2.45) is 11.7 Å². The summed E-state index contributed by atoms with van der Waals surface area (Å²) in [6.07, 6.45) is 2.25. The molecule has 1 rings (SSSR count). The largest absolute Gasteiger partial charge is 0.386 e. The van der Waals surface area contributed by atoms with Crippen LogP contribution >= 0.6 is 0 Å². The zero-order valence-electron chi connectivity index (χ0n) is 10.4. The van der Waals surface area contributed by atoms with Crippen LogP contribution in [-0.2, 0) is 0 Å². The number of nitrogens with two attached hydrogens (primary N) is 1. The molecule has 0 aliphatic carbocycles. The van der Waals surface area contributed by atoms with E-state index < -0.39 is 0 Å². The van der Waals surface area contributed by atoms with Crippen molar-refractivity contribution in [1.29, 1.82) is 5.41 Å². The summed E-state index contributed by atoms with van der Waals surface area (Å²) in [6, 6.07) is -0.348. The predicted molar refractivity (Wildman–Crippen MR) is 64.5 cm³/mol. The molecule has 0 aromatic heterocycles. The van der Waals surface area contributed by atoms with Crippen LogP contribution in [0.4, 0.5) is 4.79 Å². The third-order valence-corrected chi connectivity index (χ3v) is 3.26. The van der Waals surface area contributed by atoms with E-state index in [1.807, 2.05) is 4.90 Å². The van der Waals surface area contributed by atoms with Gasteiger partial charge in [0.1, 0.15) is 5.84 Å². The van der Waals surface area contributed by atoms with Crippen LogP contribution in [0.15, 0.2) is 0 Å². The lowest BCUT2D eigenvalue weighted by atomic mass is 10.0. The van der Waals surface area contributed by atoms with Crippen LogP contribution in [0.25, 0.3) is 0 Å². The first-order valence-corrected chi connectivity index (χ1v) is 5.79. The van der Waals surface area contributed by atoms with Gasteiger partial charge in [0.25, 0.3) is 0 Å². The maximum atomic E-state index is 12.1. The number of nitrogens with one attached hydrogen (secondary N) is 1. The lowest BCUT2D eigenvalue weighted by Crippen LogP contribution is -2.51. The maximum Gasteiger partial charge on any atom is 0.320 e. The first-order chi connectivity index (χ1) is 7.43. The average Bonchev–Trinajstić information content (AvgIpc) is 2.26. The van der Waals surface area contributed by atoms with Crippen LogP contribution in [0, 0.1) is 11.3 Å². The highest BCUT2D eigenvalue weighted by Crippen LogP contribution is 2.17. The number of carbonyl (C=O) groups excluding carboxylic acids is 1. The molecule has 0 spiro atoms. The monoisotopic (exact) mass is 226 g/mol. The second-order valence-corrected chi connectivity index (χ2v) is 4.72. The maximum absolute atomic E-state index is 12.1. The molecule has 0 radical (unpaired) electrons. The molecule has 0 aromatic carbocycles. The number of carbonyl (C=O) groups is 1. The van der Waals surface area contributed by atoms with Crippen molar-refractivity contribution in [2.75, 3.05) is 20.1 Å². The Labute approximate surface area is 97.1 Å². The molecule has 0 saturated carbocycles. The van der Waals surface area contributed by atoms with Crippen LogP contribution in [0.3, 0.4) is 0 Å². The number of piperidine rings is 1. The first-order valence-electron chi connectivity index (χ1n) is 5.79. The highest BCUT2D eigenvalue weighted by molar-refractivity contribution is 5.87. The van der Waals surface area contributed by atoms with E-state index in [0.717, 1.165) is 19.5 Å². The van der Waals surface area contributed by atoms with Gasteiger partial charge in [0, 0.05) is 20.1 Å². The number of urea groups is 1. The lowest BCUT2D eigenvalue weighted by Gasteiger charge is -2.35. The molecule has 1 aliphatic rings. The highest BCUT2D eigenvalue weighted by Gasteiger charge is 2.26. The van der Waals surface area contributed by atoms with Gasteiger partial charge in [-0.25, -0.2) is 4.79 Å². The summed E-state index contributed by atoms with van der Waals surface area (Å²) in [4.78, 5) is 15.5. The normalized spacial score (nSPS) is 22.7. The molecule has 2 unspecified atom stereocenters. The number of amides is 2.